The molecule has 2 aromatic carbocycles. The van der Waals surface area contributed by atoms with Crippen molar-refractivity contribution < 1.29 is 61.3 Å². The number of aromatic hydroxyl groups is 1. The Labute approximate surface area is 168 Å². The van der Waals surface area contributed by atoms with Gasteiger partial charge in [-0.1, -0.05) is 30.3 Å². The summed E-state index contributed by atoms with van der Waals surface area (Å²) in [7, 11) is 0. The third-order valence-electron chi connectivity index (χ3n) is 2.62. The molecule has 0 spiro atoms. The summed E-state index contributed by atoms with van der Waals surface area (Å²) in [5, 5.41) is 21.7. The van der Waals surface area contributed by atoms with Crippen LogP contribution in [-0.2, 0) is 8.53 Å². The van der Waals surface area contributed by atoms with E-state index in [4.69, 9.17) is 8.19 Å². The fraction of sp³-hybridized carbons (Fsp3) is 0.0667. The number of benzene rings is 2. The van der Waals surface area contributed by atoms with E-state index in [2.05, 4.69) is 5.32 Å². The number of rotatable bonds is 3. The van der Waals surface area contributed by atoms with E-state index in [1.54, 1.807) is 18.2 Å². The average Bonchev–Trinajstić information content (AvgIpc) is 2.49. The van der Waals surface area contributed by atoms with Crippen LogP contribution >= 0.6 is 0 Å². The molecule has 0 heterocycles. The van der Waals surface area contributed by atoms with Crippen molar-refractivity contribution >= 4 is 36.1 Å². The number of nitrogens with one attached hydrogen (secondary N) is 1. The third-order valence-corrected chi connectivity index (χ3v) is 4.69. The van der Waals surface area contributed by atoms with Crippen LogP contribution in [0, 0.1) is 0 Å². The van der Waals surface area contributed by atoms with E-state index in [-0.39, 0.29) is 46.7 Å². The zero-order valence-electron chi connectivity index (χ0n) is 13.5. The molecular weight excluding hydrogens is 404 g/mol. The first kappa shape index (κ1) is 23.5. The number of hydrogen-bond donors (Lipinski definition) is 4. The van der Waals surface area contributed by atoms with Gasteiger partial charge in [0.15, 0.2) is 0 Å². The van der Waals surface area contributed by atoms with Gasteiger partial charge in [-0.3, -0.25) is 0 Å². The third kappa shape index (κ3) is 8.40. The summed E-state index contributed by atoms with van der Waals surface area (Å²) >= 11 is -5.15. The first-order valence-electron chi connectivity index (χ1n) is 6.54. The molecule has 0 aliphatic carbocycles. The van der Waals surface area contributed by atoms with Crippen molar-refractivity contribution in [2.45, 2.75) is 6.92 Å². The van der Waals surface area contributed by atoms with Gasteiger partial charge in [-0.05, 0) is 5.56 Å². The first-order chi connectivity index (χ1) is 11.1. The van der Waals surface area contributed by atoms with E-state index in [9.17, 15) is 23.5 Å². The zero-order chi connectivity index (χ0) is 18.3. The SMILES string of the molecule is CC(=O)Nc1ccc(O)c([As](=O)(O)O)c1.O=C([O-])c1ccccc1.[Na+]. The topological polar surface area (TPSA) is 147 Å². The van der Waals surface area contributed by atoms with Crippen molar-refractivity contribution in [2.75, 3.05) is 5.32 Å². The molecule has 0 atom stereocenters. The number of carbonyl (C=O) groups is 2. The number of hydrogen-bond acceptors (Lipinski definition) is 5. The van der Waals surface area contributed by atoms with Gasteiger partial charge >= 0.3 is 118 Å². The summed E-state index contributed by atoms with van der Waals surface area (Å²) in [5.74, 6) is -1.96. The van der Waals surface area contributed by atoms with Gasteiger partial charge < -0.3 is 9.90 Å². The molecule has 2 aromatic rings. The van der Waals surface area contributed by atoms with Crippen LogP contribution in [0.15, 0.2) is 48.5 Å². The second-order valence-electron chi connectivity index (χ2n) is 4.58. The Balaban J connectivity index is 0.000000495. The minimum absolute atomic E-state index is 0. The number of carboxylic acid groups (broad SMARTS) is 1. The smallest absolute Gasteiger partial charge is 0.545 e. The number of carboxylic acids is 1. The predicted octanol–water partition coefficient (Wildman–Crippen LogP) is -4.03. The van der Waals surface area contributed by atoms with Crippen molar-refractivity contribution in [3.63, 3.8) is 0 Å². The Bertz CT molecular complexity index is 777. The van der Waals surface area contributed by atoms with Crippen LogP contribution < -0.4 is 44.3 Å². The molecule has 4 N–H and O–H groups in total. The minimum atomic E-state index is -5.15. The quantitative estimate of drug-likeness (QED) is 0.293. The molecule has 0 bridgehead atoms. The van der Waals surface area contributed by atoms with Crippen molar-refractivity contribution in [3.05, 3.63) is 54.1 Å². The molecule has 25 heavy (non-hydrogen) atoms. The van der Waals surface area contributed by atoms with Crippen LogP contribution in [0.2, 0.25) is 0 Å². The van der Waals surface area contributed by atoms with Gasteiger partial charge in [0.25, 0.3) is 0 Å². The Kier molecular flexibility index (Phi) is 9.81. The number of amides is 1. The van der Waals surface area contributed by atoms with E-state index in [0.717, 1.165) is 12.1 Å². The molecule has 128 valence electrons. The Morgan fingerprint density at radius 2 is 1.64 bits per heavy atom. The number of anilines is 1. The monoisotopic (exact) mass is 419 g/mol. The number of phenols is 1. The molecule has 0 fully saturated rings. The number of phenolic OH excluding ortho intramolecular Hbond substituents is 1. The van der Waals surface area contributed by atoms with Crippen molar-refractivity contribution in [2.24, 2.45) is 0 Å². The van der Waals surface area contributed by atoms with Gasteiger partial charge in [0.2, 0.25) is 0 Å². The fourth-order valence-corrected chi connectivity index (χ4v) is 3.04. The van der Waals surface area contributed by atoms with Gasteiger partial charge in [-0.25, -0.2) is 0 Å². The average molecular weight is 419 g/mol. The van der Waals surface area contributed by atoms with Crippen LogP contribution in [0.5, 0.6) is 5.75 Å². The molecule has 0 unspecified atom stereocenters. The molecule has 0 aromatic heterocycles. The second-order valence-corrected chi connectivity index (χ2v) is 7.88. The van der Waals surface area contributed by atoms with E-state index >= 15 is 0 Å². The van der Waals surface area contributed by atoms with E-state index in [1.165, 1.54) is 25.1 Å². The molecule has 1 amide bonds. The Morgan fingerprint density at radius 3 is 2.04 bits per heavy atom. The molecular formula is C15H15AsNNaO7. The summed E-state index contributed by atoms with van der Waals surface area (Å²) in [6.45, 7) is 1.27. The van der Waals surface area contributed by atoms with E-state index in [0.29, 0.717) is 0 Å². The predicted molar refractivity (Wildman–Crippen MR) is 83.7 cm³/mol. The van der Waals surface area contributed by atoms with Gasteiger partial charge in [0.05, 0.1) is 5.97 Å². The Hall–Kier alpha value is -1.54. The minimum Gasteiger partial charge on any atom is -0.545 e. The van der Waals surface area contributed by atoms with Gasteiger partial charge in [0.1, 0.15) is 0 Å². The van der Waals surface area contributed by atoms with Crippen LogP contribution in [0.1, 0.15) is 17.3 Å². The van der Waals surface area contributed by atoms with Crippen LogP contribution in [0.25, 0.3) is 0 Å². The molecule has 0 saturated carbocycles. The van der Waals surface area contributed by atoms with Crippen LogP contribution in [-0.4, -0.2) is 39.3 Å². The van der Waals surface area contributed by atoms with Gasteiger partial charge in [-0.2, -0.15) is 0 Å². The van der Waals surface area contributed by atoms with Gasteiger partial charge in [0, 0.05) is 0 Å². The van der Waals surface area contributed by atoms with Crippen molar-refractivity contribution in [1.82, 2.24) is 0 Å². The summed E-state index contributed by atoms with van der Waals surface area (Å²) in [5.41, 5.74) is 0.456. The maximum atomic E-state index is 11.0. The van der Waals surface area contributed by atoms with E-state index in [1.807, 2.05) is 0 Å². The molecule has 2 rings (SSSR count). The molecule has 10 heteroatoms. The van der Waals surface area contributed by atoms with Gasteiger partial charge in [-0.15, -0.1) is 0 Å². The summed E-state index contributed by atoms with van der Waals surface area (Å²) in [6.07, 6.45) is 0. The first-order valence-corrected chi connectivity index (χ1v) is 9.92. The van der Waals surface area contributed by atoms with Crippen LogP contribution in [0.3, 0.4) is 0 Å². The maximum absolute atomic E-state index is 11.0. The molecule has 0 aliphatic rings. The largest absolute Gasteiger partial charge is 1.00 e. The maximum Gasteiger partial charge on any atom is 1.00 e. The second kappa shape index (κ2) is 10.4. The fourth-order valence-electron chi connectivity index (χ4n) is 1.61. The molecule has 0 saturated heterocycles. The summed E-state index contributed by atoms with van der Waals surface area (Å²) in [4.78, 5) is 20.8. The molecule has 0 radical (unpaired) electrons. The summed E-state index contributed by atoms with van der Waals surface area (Å²) in [6, 6.07) is 11.6. The molecule has 8 nitrogen and oxygen atoms in total. The number of carbonyl (C=O) groups excluding carboxylic acids is 2. The Morgan fingerprint density at radius 1 is 1.08 bits per heavy atom. The molecule has 0 aliphatic heterocycles. The zero-order valence-corrected chi connectivity index (χ0v) is 17.4. The summed E-state index contributed by atoms with van der Waals surface area (Å²) < 4.78 is 28.4. The van der Waals surface area contributed by atoms with Crippen molar-refractivity contribution in [3.8, 4) is 5.75 Å². The number of aromatic carboxylic acids is 1. The normalized spacial score (nSPS) is 9.88. The van der Waals surface area contributed by atoms with Crippen molar-refractivity contribution in [1.29, 1.82) is 0 Å². The van der Waals surface area contributed by atoms with E-state index < -0.39 is 30.2 Å². The van der Waals surface area contributed by atoms with Crippen LogP contribution in [0.4, 0.5) is 5.69 Å². The standard InChI is InChI=1S/C8H10AsNO5.C7H6O2.Na/c1-5(11)10-6-2-3-8(12)7(4-6)9(13,14)15;8-7(9)6-4-2-1-3-5-6;/h2-4,12H,1H3,(H,10,11)(H2,13,14,15);1-5H,(H,8,9);/q;;+1/p-1.